The highest BCUT2D eigenvalue weighted by Gasteiger charge is 2.32. The van der Waals surface area contributed by atoms with Gasteiger partial charge < -0.3 is 9.72 Å². The predicted molar refractivity (Wildman–Crippen MR) is 105 cm³/mol. The van der Waals surface area contributed by atoms with E-state index in [1.165, 1.54) is 11.8 Å². The van der Waals surface area contributed by atoms with E-state index in [-0.39, 0.29) is 5.97 Å². The second-order valence-corrected chi connectivity index (χ2v) is 8.29. The zero-order valence-corrected chi connectivity index (χ0v) is 16.0. The van der Waals surface area contributed by atoms with Crippen molar-refractivity contribution in [1.82, 2.24) is 4.98 Å². The zero-order valence-electron chi connectivity index (χ0n) is 14.4. The highest BCUT2D eigenvalue weighted by atomic mass is 35.5. The number of hydrogen-bond acceptors (Lipinski definition) is 3. The van der Waals surface area contributed by atoms with E-state index >= 15 is 0 Å². The lowest BCUT2D eigenvalue weighted by Crippen LogP contribution is -2.30. The molecule has 0 atom stereocenters. The van der Waals surface area contributed by atoms with Crippen molar-refractivity contribution in [3.8, 4) is 11.1 Å². The van der Waals surface area contributed by atoms with E-state index < -0.39 is 4.75 Å². The number of benzene rings is 2. The normalized spacial score (nSPS) is 11.7. The number of carbonyl (C=O) groups is 1. The topological polar surface area (TPSA) is 42.1 Å². The second kappa shape index (κ2) is 7.14. The number of aromatic nitrogens is 1. The minimum absolute atomic E-state index is 0.226. The van der Waals surface area contributed by atoms with Gasteiger partial charge >= 0.3 is 5.97 Å². The Morgan fingerprint density at radius 3 is 2.60 bits per heavy atom. The summed E-state index contributed by atoms with van der Waals surface area (Å²) in [6.45, 7) is 5.95. The van der Waals surface area contributed by atoms with Gasteiger partial charge in [0.2, 0.25) is 0 Å². The lowest BCUT2D eigenvalue weighted by Gasteiger charge is -2.21. The van der Waals surface area contributed by atoms with Crippen LogP contribution < -0.4 is 0 Å². The Balaban J connectivity index is 2.13. The molecule has 0 fully saturated rings. The van der Waals surface area contributed by atoms with E-state index in [2.05, 4.69) is 17.1 Å². The minimum Gasteiger partial charge on any atom is -0.465 e. The van der Waals surface area contributed by atoms with Crippen molar-refractivity contribution in [3.05, 3.63) is 53.6 Å². The van der Waals surface area contributed by atoms with Gasteiger partial charge in [0.25, 0.3) is 0 Å². The molecule has 3 aromatic rings. The molecular formula is C20H20ClNO2S. The molecule has 0 radical (unpaired) electrons. The highest BCUT2D eigenvalue weighted by Crippen LogP contribution is 2.43. The average molecular weight is 374 g/mol. The molecule has 0 aliphatic heterocycles. The largest absolute Gasteiger partial charge is 0.465 e. The molecule has 130 valence electrons. The average Bonchev–Trinajstić information content (AvgIpc) is 2.92. The van der Waals surface area contributed by atoms with Crippen LogP contribution in [-0.2, 0) is 9.53 Å². The molecule has 3 nitrogen and oxygen atoms in total. The Hall–Kier alpha value is -1.91. The number of esters is 1. The second-order valence-electron chi connectivity index (χ2n) is 6.22. The third-order valence-electron chi connectivity index (χ3n) is 3.91. The smallest absolute Gasteiger partial charge is 0.322 e. The number of hydrogen-bond donors (Lipinski definition) is 1. The lowest BCUT2D eigenvalue weighted by molar-refractivity contribution is -0.145. The van der Waals surface area contributed by atoms with Crippen molar-refractivity contribution in [2.45, 2.75) is 30.5 Å². The van der Waals surface area contributed by atoms with Crippen LogP contribution in [0.25, 0.3) is 22.0 Å². The van der Waals surface area contributed by atoms with Gasteiger partial charge in [0.05, 0.1) is 11.6 Å². The van der Waals surface area contributed by atoms with Gasteiger partial charge in [-0.1, -0.05) is 53.7 Å². The third kappa shape index (κ3) is 3.70. The molecule has 0 spiro atoms. The van der Waals surface area contributed by atoms with Gasteiger partial charge in [0, 0.05) is 21.5 Å². The molecule has 0 aliphatic carbocycles. The fourth-order valence-electron chi connectivity index (χ4n) is 2.71. The van der Waals surface area contributed by atoms with Crippen molar-refractivity contribution < 1.29 is 9.53 Å². The number of carbonyl (C=O) groups excluding carboxylic acids is 1. The quantitative estimate of drug-likeness (QED) is 0.445. The fraction of sp³-hybridized carbons (Fsp3) is 0.250. The Labute approximate surface area is 156 Å². The van der Waals surface area contributed by atoms with Crippen LogP contribution in [0.3, 0.4) is 0 Å². The Bertz CT molecular complexity index is 903. The van der Waals surface area contributed by atoms with E-state index in [0.717, 1.165) is 27.1 Å². The molecule has 0 saturated heterocycles. The number of fused-ring (bicyclic) bond motifs is 1. The van der Waals surface area contributed by atoms with Crippen LogP contribution in [0, 0.1) is 0 Å². The van der Waals surface area contributed by atoms with Crippen LogP contribution in [0.15, 0.2) is 53.6 Å². The molecule has 1 aromatic heterocycles. The summed E-state index contributed by atoms with van der Waals surface area (Å²) in [6.07, 6.45) is 0. The van der Waals surface area contributed by atoms with Gasteiger partial charge in [0.15, 0.2) is 0 Å². The van der Waals surface area contributed by atoms with Crippen molar-refractivity contribution in [2.24, 2.45) is 0 Å². The summed E-state index contributed by atoms with van der Waals surface area (Å²) < 4.78 is 4.52. The summed E-state index contributed by atoms with van der Waals surface area (Å²) in [5, 5.41) is 2.66. The summed E-state index contributed by atoms with van der Waals surface area (Å²) in [5.41, 5.74) is 3.13. The van der Waals surface area contributed by atoms with Gasteiger partial charge in [-0.15, -0.1) is 0 Å². The number of nitrogens with one attached hydrogen (secondary N) is 1. The van der Waals surface area contributed by atoms with Gasteiger partial charge in [-0.2, -0.15) is 0 Å². The van der Waals surface area contributed by atoms with Crippen LogP contribution in [0.4, 0.5) is 0 Å². The van der Waals surface area contributed by atoms with Crippen LogP contribution in [0.5, 0.6) is 0 Å². The Morgan fingerprint density at radius 2 is 1.92 bits per heavy atom. The molecule has 2 aromatic carbocycles. The molecule has 0 unspecified atom stereocenters. The van der Waals surface area contributed by atoms with Gasteiger partial charge in [-0.25, -0.2) is 0 Å². The maximum atomic E-state index is 12.3. The monoisotopic (exact) mass is 373 g/mol. The first-order valence-corrected chi connectivity index (χ1v) is 9.34. The first-order chi connectivity index (χ1) is 11.9. The summed E-state index contributed by atoms with van der Waals surface area (Å²) in [4.78, 5) is 15.7. The van der Waals surface area contributed by atoms with E-state index in [4.69, 9.17) is 16.3 Å². The van der Waals surface area contributed by atoms with Gasteiger partial charge in [-0.3, -0.25) is 4.79 Å². The minimum atomic E-state index is -0.704. The molecule has 0 amide bonds. The van der Waals surface area contributed by atoms with Crippen LogP contribution in [-0.4, -0.2) is 22.3 Å². The van der Waals surface area contributed by atoms with Crippen LogP contribution >= 0.6 is 23.4 Å². The summed E-state index contributed by atoms with van der Waals surface area (Å²) in [5.74, 6) is -0.226. The van der Waals surface area contributed by atoms with E-state index in [1.807, 2.05) is 57.2 Å². The maximum absolute atomic E-state index is 12.3. The van der Waals surface area contributed by atoms with Crippen molar-refractivity contribution in [3.63, 3.8) is 0 Å². The fourth-order valence-corrected chi connectivity index (χ4v) is 4.02. The third-order valence-corrected chi connectivity index (χ3v) is 5.34. The molecule has 5 heteroatoms. The summed E-state index contributed by atoms with van der Waals surface area (Å²) in [7, 11) is 0. The molecule has 3 rings (SSSR count). The van der Waals surface area contributed by atoms with E-state index in [1.54, 1.807) is 0 Å². The number of aromatic amines is 1. The molecular weight excluding hydrogens is 354 g/mol. The predicted octanol–water partition coefficient (Wildman–Crippen LogP) is 5.92. The van der Waals surface area contributed by atoms with Gasteiger partial charge in [0.1, 0.15) is 4.75 Å². The molecule has 25 heavy (non-hydrogen) atoms. The SMILES string of the molecule is CCOC(=O)C(C)(C)Sc1[nH]c2ccc(Cl)cc2c1-c1ccccc1. The number of rotatable bonds is 5. The van der Waals surface area contributed by atoms with Crippen molar-refractivity contribution in [1.29, 1.82) is 0 Å². The van der Waals surface area contributed by atoms with E-state index in [9.17, 15) is 4.79 Å². The first-order valence-electron chi connectivity index (χ1n) is 8.15. The number of ether oxygens (including phenoxy) is 1. The summed E-state index contributed by atoms with van der Waals surface area (Å²) in [6, 6.07) is 15.9. The Kier molecular flexibility index (Phi) is 5.11. The molecule has 1 heterocycles. The first kappa shape index (κ1) is 17.9. The zero-order chi connectivity index (χ0) is 18.0. The lowest BCUT2D eigenvalue weighted by atomic mass is 10.1. The molecule has 0 aliphatic rings. The number of thioether (sulfide) groups is 1. The van der Waals surface area contributed by atoms with E-state index in [0.29, 0.717) is 11.6 Å². The van der Waals surface area contributed by atoms with Crippen LogP contribution in [0.2, 0.25) is 5.02 Å². The molecule has 1 N–H and O–H groups in total. The molecule has 0 saturated carbocycles. The number of H-pyrrole nitrogens is 1. The van der Waals surface area contributed by atoms with Crippen LogP contribution in [0.1, 0.15) is 20.8 Å². The standard InChI is InChI=1S/C20H20ClNO2S/c1-4-24-19(23)20(2,3)25-18-17(13-8-6-5-7-9-13)15-12-14(21)10-11-16(15)22-18/h5-12,22H,4H2,1-3H3. The Morgan fingerprint density at radius 1 is 1.20 bits per heavy atom. The van der Waals surface area contributed by atoms with Crippen molar-refractivity contribution >= 4 is 40.2 Å². The highest BCUT2D eigenvalue weighted by molar-refractivity contribution is 8.01. The summed E-state index contributed by atoms with van der Waals surface area (Å²) >= 11 is 7.69. The maximum Gasteiger partial charge on any atom is 0.322 e. The molecule has 0 bridgehead atoms. The van der Waals surface area contributed by atoms with Crippen molar-refractivity contribution in [2.75, 3.05) is 6.61 Å². The van der Waals surface area contributed by atoms with Gasteiger partial charge in [-0.05, 0) is 44.5 Å². The number of halogens is 1.